The van der Waals surface area contributed by atoms with Crippen molar-refractivity contribution in [3.63, 3.8) is 0 Å². The molecule has 9 heteroatoms. The molecule has 0 aromatic heterocycles. The molecule has 0 aliphatic heterocycles. The lowest BCUT2D eigenvalue weighted by molar-refractivity contribution is -0.126. The Balaban J connectivity index is 2.66. The number of rotatable bonds is 5. The highest BCUT2D eigenvalue weighted by Crippen LogP contribution is 2.21. The molecular weight excluding hydrogens is 301 g/mol. The fourth-order valence-corrected chi connectivity index (χ4v) is 1.49. The van der Waals surface area contributed by atoms with Crippen molar-refractivity contribution in [2.45, 2.75) is 6.18 Å². The molecule has 0 atom stereocenters. The van der Waals surface area contributed by atoms with Crippen molar-refractivity contribution >= 4 is 29.2 Å². The first-order chi connectivity index (χ1) is 9.19. The summed E-state index contributed by atoms with van der Waals surface area (Å²) in [6, 6.07) is 3.71. The number of carboxylic acid groups (broad SMARTS) is 1. The van der Waals surface area contributed by atoms with Gasteiger partial charge in [0, 0.05) is 5.02 Å². The minimum atomic E-state index is -4.43. The number of hydrogen-bond acceptors (Lipinski definition) is 3. The maximum absolute atomic E-state index is 11.9. The fraction of sp³-hybridized carbons (Fsp3) is 0.273. The number of benzene rings is 1. The van der Waals surface area contributed by atoms with Crippen molar-refractivity contribution in [3.8, 4) is 0 Å². The van der Waals surface area contributed by atoms with E-state index in [-0.39, 0.29) is 16.3 Å². The number of anilines is 1. The molecule has 1 aromatic rings. The van der Waals surface area contributed by atoms with E-state index in [0.29, 0.717) is 0 Å². The number of halogens is 4. The molecule has 3 N–H and O–H groups in total. The Hall–Kier alpha value is -1.80. The summed E-state index contributed by atoms with van der Waals surface area (Å²) in [6.45, 7) is -1.92. The van der Waals surface area contributed by atoms with Gasteiger partial charge in [-0.05, 0) is 18.2 Å². The van der Waals surface area contributed by atoms with Gasteiger partial charge in [0.2, 0.25) is 5.91 Å². The lowest BCUT2D eigenvalue weighted by Gasteiger charge is -2.10. The second-order valence-electron chi connectivity index (χ2n) is 3.76. The molecule has 0 saturated heterocycles. The predicted octanol–water partition coefficient (Wildman–Crippen LogP) is 2.13. The molecule has 0 heterocycles. The van der Waals surface area contributed by atoms with Crippen LogP contribution in [-0.4, -0.2) is 36.2 Å². The quantitative estimate of drug-likeness (QED) is 0.778. The van der Waals surface area contributed by atoms with E-state index in [1.807, 2.05) is 5.32 Å². The van der Waals surface area contributed by atoms with E-state index in [1.54, 1.807) is 0 Å². The smallest absolute Gasteiger partial charge is 0.401 e. The first-order valence-corrected chi connectivity index (χ1v) is 5.67. The van der Waals surface area contributed by atoms with Crippen LogP contribution in [0.4, 0.5) is 18.9 Å². The Morgan fingerprint density at radius 1 is 1.30 bits per heavy atom. The lowest BCUT2D eigenvalue weighted by Crippen LogP contribution is -2.35. The third-order valence-corrected chi connectivity index (χ3v) is 2.33. The number of nitrogens with one attached hydrogen (secondary N) is 2. The summed E-state index contributed by atoms with van der Waals surface area (Å²) in [4.78, 5) is 22.3. The van der Waals surface area contributed by atoms with Crippen LogP contribution in [0.25, 0.3) is 0 Å². The normalized spacial score (nSPS) is 11.2. The zero-order valence-electron chi connectivity index (χ0n) is 9.92. The third kappa shape index (κ3) is 5.45. The lowest BCUT2D eigenvalue weighted by atomic mass is 10.2. The molecular formula is C11H10ClF3N2O3. The number of carbonyl (C=O) groups excluding carboxylic acids is 1. The summed E-state index contributed by atoms with van der Waals surface area (Å²) in [7, 11) is 0. The van der Waals surface area contributed by atoms with Gasteiger partial charge in [0.05, 0.1) is 24.3 Å². The van der Waals surface area contributed by atoms with Gasteiger partial charge in [-0.15, -0.1) is 0 Å². The van der Waals surface area contributed by atoms with Crippen molar-refractivity contribution in [3.05, 3.63) is 28.8 Å². The summed E-state index contributed by atoms with van der Waals surface area (Å²) in [5, 5.41) is 13.2. The van der Waals surface area contributed by atoms with Gasteiger partial charge >= 0.3 is 12.1 Å². The van der Waals surface area contributed by atoms with E-state index in [0.717, 1.165) is 0 Å². The minimum Gasteiger partial charge on any atom is -0.478 e. The zero-order chi connectivity index (χ0) is 15.3. The topological polar surface area (TPSA) is 78.4 Å². The van der Waals surface area contributed by atoms with E-state index in [2.05, 4.69) is 5.32 Å². The average Bonchev–Trinajstić information content (AvgIpc) is 2.26. The van der Waals surface area contributed by atoms with Gasteiger partial charge in [-0.2, -0.15) is 13.2 Å². The molecule has 1 rings (SSSR count). The number of carbonyl (C=O) groups is 2. The molecule has 0 aliphatic rings. The van der Waals surface area contributed by atoms with Crippen LogP contribution in [-0.2, 0) is 4.79 Å². The maximum Gasteiger partial charge on any atom is 0.401 e. The molecule has 0 aliphatic carbocycles. The number of hydrogen-bond donors (Lipinski definition) is 3. The second-order valence-corrected chi connectivity index (χ2v) is 4.20. The summed E-state index contributed by atoms with van der Waals surface area (Å²) in [5.74, 6) is -2.10. The van der Waals surface area contributed by atoms with Gasteiger partial charge in [-0.25, -0.2) is 4.79 Å². The molecule has 1 amide bonds. The summed E-state index contributed by atoms with van der Waals surface area (Å²) >= 11 is 5.66. The van der Waals surface area contributed by atoms with Crippen molar-refractivity contribution < 1.29 is 27.9 Å². The summed E-state index contributed by atoms with van der Waals surface area (Å²) in [5.41, 5.74) is -0.289. The zero-order valence-corrected chi connectivity index (χ0v) is 10.7. The van der Waals surface area contributed by atoms with Crippen LogP contribution in [0.1, 0.15) is 10.4 Å². The highest BCUT2D eigenvalue weighted by molar-refractivity contribution is 6.31. The van der Waals surface area contributed by atoms with Crippen LogP contribution < -0.4 is 10.6 Å². The van der Waals surface area contributed by atoms with Crippen LogP contribution in [0.3, 0.4) is 0 Å². The van der Waals surface area contributed by atoms with Crippen LogP contribution in [0.5, 0.6) is 0 Å². The van der Waals surface area contributed by atoms with Crippen LogP contribution in [0.15, 0.2) is 18.2 Å². The molecule has 0 spiro atoms. The number of carboxylic acids is 1. The Morgan fingerprint density at radius 2 is 1.95 bits per heavy atom. The number of alkyl halides is 3. The van der Waals surface area contributed by atoms with Crippen molar-refractivity contribution in [1.29, 1.82) is 0 Å². The third-order valence-electron chi connectivity index (χ3n) is 2.10. The molecule has 110 valence electrons. The monoisotopic (exact) mass is 310 g/mol. The molecule has 1 aromatic carbocycles. The SMILES string of the molecule is O=C(CNCC(F)(F)F)Nc1cc(Cl)ccc1C(=O)O. The Morgan fingerprint density at radius 3 is 2.50 bits per heavy atom. The van der Waals surface area contributed by atoms with Gasteiger partial charge in [-0.1, -0.05) is 11.6 Å². The van der Waals surface area contributed by atoms with E-state index in [9.17, 15) is 22.8 Å². The van der Waals surface area contributed by atoms with Crippen LogP contribution >= 0.6 is 11.6 Å². The largest absolute Gasteiger partial charge is 0.478 e. The standard InChI is InChI=1S/C11H10ClF3N2O3/c12-6-1-2-7(10(19)20)8(3-6)17-9(18)4-16-5-11(13,14)15/h1-3,16H,4-5H2,(H,17,18)(H,19,20). The Bertz CT molecular complexity index is 520. The van der Waals surface area contributed by atoms with E-state index >= 15 is 0 Å². The van der Waals surface area contributed by atoms with E-state index in [1.165, 1.54) is 18.2 Å². The van der Waals surface area contributed by atoms with Crippen molar-refractivity contribution in [2.24, 2.45) is 0 Å². The molecule has 0 unspecified atom stereocenters. The highest BCUT2D eigenvalue weighted by Gasteiger charge is 2.26. The van der Waals surface area contributed by atoms with Gasteiger partial charge in [0.25, 0.3) is 0 Å². The van der Waals surface area contributed by atoms with Crippen LogP contribution in [0.2, 0.25) is 5.02 Å². The molecule has 0 radical (unpaired) electrons. The first kappa shape index (κ1) is 16.3. The molecule has 5 nitrogen and oxygen atoms in total. The minimum absolute atomic E-state index is 0.0798. The Labute approximate surface area is 116 Å². The fourth-order valence-electron chi connectivity index (χ4n) is 1.32. The molecule has 0 fully saturated rings. The first-order valence-electron chi connectivity index (χ1n) is 5.29. The predicted molar refractivity (Wildman–Crippen MR) is 66.0 cm³/mol. The van der Waals surface area contributed by atoms with E-state index < -0.39 is 31.1 Å². The van der Waals surface area contributed by atoms with Gasteiger partial charge in [0.15, 0.2) is 0 Å². The molecule has 0 bridgehead atoms. The highest BCUT2D eigenvalue weighted by atomic mass is 35.5. The summed E-state index contributed by atoms with van der Waals surface area (Å²) < 4.78 is 35.6. The van der Waals surface area contributed by atoms with Gasteiger partial charge < -0.3 is 15.7 Å². The Kier molecular flexibility index (Phi) is 5.34. The van der Waals surface area contributed by atoms with Gasteiger partial charge in [-0.3, -0.25) is 4.79 Å². The number of aromatic carboxylic acids is 1. The maximum atomic E-state index is 11.9. The average molecular weight is 311 g/mol. The second kappa shape index (κ2) is 6.58. The molecule has 20 heavy (non-hydrogen) atoms. The van der Waals surface area contributed by atoms with Crippen LogP contribution in [0, 0.1) is 0 Å². The summed E-state index contributed by atoms with van der Waals surface area (Å²) in [6.07, 6.45) is -4.43. The molecule has 0 saturated carbocycles. The van der Waals surface area contributed by atoms with Crippen molar-refractivity contribution in [1.82, 2.24) is 5.32 Å². The van der Waals surface area contributed by atoms with Crippen molar-refractivity contribution in [2.75, 3.05) is 18.4 Å². The van der Waals surface area contributed by atoms with E-state index in [4.69, 9.17) is 16.7 Å². The number of amides is 1. The van der Waals surface area contributed by atoms with Gasteiger partial charge in [0.1, 0.15) is 0 Å².